The first kappa shape index (κ1) is 9.79. The van der Waals surface area contributed by atoms with Gasteiger partial charge >= 0.3 is 23.1 Å². The van der Waals surface area contributed by atoms with Gasteiger partial charge in [-0.15, -0.1) is 0 Å². The quantitative estimate of drug-likeness (QED) is 0.590. The molecular weight excluding hydrogens is 136 g/mol. The third kappa shape index (κ3) is 2.19. The fraction of sp³-hybridized carbons (Fsp3) is 0.250. The van der Waals surface area contributed by atoms with E-state index in [1.807, 2.05) is 25.1 Å². The van der Waals surface area contributed by atoms with Gasteiger partial charge in [-0.05, 0) is 18.1 Å². The molecule has 52 valence electrons. The number of benzene rings is 1. The Labute approximate surface area is 77.2 Å². The molecule has 0 radical (unpaired) electrons. The van der Waals surface area contributed by atoms with Crippen molar-refractivity contribution in [2.24, 2.45) is 0 Å². The van der Waals surface area contributed by atoms with E-state index in [1.165, 1.54) is 0 Å². The molecule has 0 heterocycles. The van der Waals surface area contributed by atoms with Crippen molar-refractivity contribution < 1.29 is 5.11 Å². The number of hydrogen-bond donors (Lipinski definition) is 1. The standard InChI is InChI=1S/C8H10O.Mg.2H/c1-2-7-5-3-4-6-8(7)9;;;/h3-6,9H,2H2,1H3;;;. The summed E-state index contributed by atoms with van der Waals surface area (Å²) in [6.45, 7) is 2.02. The average Bonchev–Trinajstić information content (AvgIpc) is 1.89. The van der Waals surface area contributed by atoms with Gasteiger partial charge in [-0.1, -0.05) is 25.1 Å². The van der Waals surface area contributed by atoms with Crippen molar-refractivity contribution in [2.45, 2.75) is 13.3 Å². The molecule has 0 aromatic heterocycles. The second kappa shape index (κ2) is 4.58. The topological polar surface area (TPSA) is 20.2 Å². The van der Waals surface area contributed by atoms with E-state index in [4.69, 9.17) is 5.11 Å². The van der Waals surface area contributed by atoms with Crippen LogP contribution in [0, 0.1) is 0 Å². The Kier molecular flexibility index (Phi) is 4.48. The molecule has 1 aromatic rings. The van der Waals surface area contributed by atoms with Crippen molar-refractivity contribution in [3.63, 3.8) is 0 Å². The number of para-hydroxylation sites is 1. The van der Waals surface area contributed by atoms with Crippen LogP contribution in [0.1, 0.15) is 12.5 Å². The summed E-state index contributed by atoms with van der Waals surface area (Å²) in [7, 11) is 0. The third-order valence-corrected chi connectivity index (χ3v) is 1.37. The number of rotatable bonds is 1. The van der Waals surface area contributed by atoms with Gasteiger partial charge in [0.15, 0.2) is 0 Å². The fourth-order valence-corrected chi connectivity index (χ4v) is 0.810. The van der Waals surface area contributed by atoms with Crippen LogP contribution in [-0.4, -0.2) is 28.2 Å². The first-order chi connectivity index (χ1) is 4.34. The van der Waals surface area contributed by atoms with E-state index in [9.17, 15) is 0 Å². The Balaban J connectivity index is 0.000000810. The van der Waals surface area contributed by atoms with Crippen LogP contribution >= 0.6 is 0 Å². The second-order valence-corrected chi connectivity index (χ2v) is 1.98. The Morgan fingerprint density at radius 3 is 2.30 bits per heavy atom. The van der Waals surface area contributed by atoms with Crippen LogP contribution in [0.4, 0.5) is 0 Å². The van der Waals surface area contributed by atoms with Crippen LogP contribution in [-0.2, 0) is 6.42 Å². The van der Waals surface area contributed by atoms with Crippen molar-refractivity contribution in [3.05, 3.63) is 29.8 Å². The van der Waals surface area contributed by atoms with Crippen LogP contribution in [0.5, 0.6) is 5.75 Å². The van der Waals surface area contributed by atoms with Crippen molar-refractivity contribution >= 4 is 23.1 Å². The van der Waals surface area contributed by atoms with Crippen molar-refractivity contribution in [3.8, 4) is 5.75 Å². The number of hydrogen-bond acceptors (Lipinski definition) is 1. The molecule has 0 bridgehead atoms. The zero-order chi connectivity index (χ0) is 6.69. The minimum absolute atomic E-state index is 0. The highest BCUT2D eigenvalue weighted by molar-refractivity contribution is 5.75. The van der Waals surface area contributed by atoms with Gasteiger partial charge in [0, 0.05) is 0 Å². The number of aromatic hydroxyl groups is 1. The van der Waals surface area contributed by atoms with E-state index in [0.717, 1.165) is 12.0 Å². The summed E-state index contributed by atoms with van der Waals surface area (Å²) in [6.07, 6.45) is 0.896. The average molecular weight is 148 g/mol. The molecule has 0 fully saturated rings. The highest BCUT2D eigenvalue weighted by Gasteiger charge is 1.92. The maximum atomic E-state index is 9.11. The van der Waals surface area contributed by atoms with Gasteiger partial charge in [-0.2, -0.15) is 0 Å². The molecule has 0 aliphatic heterocycles. The largest absolute Gasteiger partial charge is 0.508 e. The lowest BCUT2D eigenvalue weighted by Gasteiger charge is -1.97. The van der Waals surface area contributed by atoms with Crippen molar-refractivity contribution in [1.29, 1.82) is 0 Å². The predicted octanol–water partition coefficient (Wildman–Crippen LogP) is 1.04. The van der Waals surface area contributed by atoms with Gasteiger partial charge in [0.25, 0.3) is 0 Å². The molecule has 1 nitrogen and oxygen atoms in total. The molecule has 0 spiro atoms. The van der Waals surface area contributed by atoms with Gasteiger partial charge in [-0.25, -0.2) is 0 Å². The van der Waals surface area contributed by atoms with Gasteiger partial charge in [-0.3, -0.25) is 0 Å². The molecule has 1 N–H and O–H groups in total. The zero-order valence-electron chi connectivity index (χ0n) is 5.46. The molecule has 0 amide bonds. The summed E-state index contributed by atoms with van der Waals surface area (Å²) in [4.78, 5) is 0. The number of phenols is 1. The summed E-state index contributed by atoms with van der Waals surface area (Å²) in [5, 5.41) is 9.11. The fourth-order valence-electron chi connectivity index (χ4n) is 0.810. The number of aryl methyl sites for hydroxylation is 1. The molecule has 0 aliphatic carbocycles. The van der Waals surface area contributed by atoms with E-state index in [1.54, 1.807) is 6.07 Å². The minimum Gasteiger partial charge on any atom is -0.508 e. The third-order valence-electron chi connectivity index (χ3n) is 1.37. The van der Waals surface area contributed by atoms with Crippen molar-refractivity contribution in [1.82, 2.24) is 0 Å². The van der Waals surface area contributed by atoms with Crippen LogP contribution in [0.3, 0.4) is 0 Å². The molecule has 0 unspecified atom stereocenters. The molecule has 0 aliphatic rings. The van der Waals surface area contributed by atoms with Crippen molar-refractivity contribution in [2.75, 3.05) is 0 Å². The molecule has 10 heavy (non-hydrogen) atoms. The summed E-state index contributed by atoms with van der Waals surface area (Å²) in [5.41, 5.74) is 1.01. The first-order valence-corrected chi connectivity index (χ1v) is 3.11. The normalized spacial score (nSPS) is 8.50. The van der Waals surface area contributed by atoms with Crippen LogP contribution < -0.4 is 0 Å². The lowest BCUT2D eigenvalue weighted by atomic mass is 10.1. The van der Waals surface area contributed by atoms with Gasteiger partial charge in [0.2, 0.25) is 0 Å². The monoisotopic (exact) mass is 148 g/mol. The van der Waals surface area contributed by atoms with Gasteiger partial charge in [0.05, 0.1) is 0 Å². The lowest BCUT2D eigenvalue weighted by Crippen LogP contribution is -1.77. The molecule has 1 rings (SSSR count). The molecule has 2 heteroatoms. The SMILES string of the molecule is CCc1ccccc1O.[MgH2]. The number of phenolic OH excluding ortho intramolecular Hbond substituents is 1. The molecule has 1 aromatic carbocycles. The molecular formula is C8H12MgO. The Bertz CT molecular complexity index is 198. The smallest absolute Gasteiger partial charge is 0.316 e. The Hall–Kier alpha value is -0.214. The lowest BCUT2D eigenvalue weighted by molar-refractivity contribution is 0.469. The van der Waals surface area contributed by atoms with Crippen LogP contribution in [0.15, 0.2) is 24.3 Å². The molecule has 0 atom stereocenters. The highest BCUT2D eigenvalue weighted by atomic mass is 24.3. The second-order valence-electron chi connectivity index (χ2n) is 1.98. The van der Waals surface area contributed by atoms with E-state index in [-0.39, 0.29) is 23.1 Å². The van der Waals surface area contributed by atoms with Crippen LogP contribution in [0.25, 0.3) is 0 Å². The van der Waals surface area contributed by atoms with Gasteiger partial charge < -0.3 is 5.11 Å². The summed E-state index contributed by atoms with van der Waals surface area (Å²) < 4.78 is 0. The zero-order valence-corrected chi connectivity index (χ0v) is 5.46. The van der Waals surface area contributed by atoms with Crippen LogP contribution in [0.2, 0.25) is 0 Å². The van der Waals surface area contributed by atoms with E-state index >= 15 is 0 Å². The molecule has 0 saturated carbocycles. The van der Waals surface area contributed by atoms with E-state index in [2.05, 4.69) is 0 Å². The van der Waals surface area contributed by atoms with Gasteiger partial charge in [0.1, 0.15) is 5.75 Å². The highest BCUT2D eigenvalue weighted by Crippen LogP contribution is 2.14. The summed E-state index contributed by atoms with van der Waals surface area (Å²) in [6, 6.07) is 7.39. The Morgan fingerprint density at radius 1 is 1.30 bits per heavy atom. The summed E-state index contributed by atoms with van der Waals surface area (Å²) >= 11 is 0. The Morgan fingerprint density at radius 2 is 1.90 bits per heavy atom. The predicted molar refractivity (Wildman–Crippen MR) is 46.0 cm³/mol. The van der Waals surface area contributed by atoms with E-state index in [0.29, 0.717) is 5.75 Å². The summed E-state index contributed by atoms with van der Waals surface area (Å²) in [5.74, 6) is 0.403. The first-order valence-electron chi connectivity index (χ1n) is 3.11. The maximum Gasteiger partial charge on any atom is 0.316 e. The molecule has 0 saturated heterocycles. The minimum atomic E-state index is 0. The maximum absolute atomic E-state index is 9.11. The van der Waals surface area contributed by atoms with E-state index < -0.39 is 0 Å².